The van der Waals surface area contributed by atoms with Crippen molar-refractivity contribution in [2.75, 3.05) is 18.5 Å². The summed E-state index contributed by atoms with van der Waals surface area (Å²) in [5.41, 5.74) is 3.70. The molecule has 0 aliphatic carbocycles. The predicted molar refractivity (Wildman–Crippen MR) is 73.6 cm³/mol. The van der Waals surface area contributed by atoms with Gasteiger partial charge in [-0.05, 0) is 30.5 Å². The largest absolute Gasteiger partial charge is 0.338 e. The summed E-state index contributed by atoms with van der Waals surface area (Å²) >= 11 is 5.94. The maximum Gasteiger partial charge on any atom is 0.256 e. The minimum atomic E-state index is 0.00130. The molecule has 98 valence electrons. The van der Waals surface area contributed by atoms with E-state index < -0.39 is 0 Å². The van der Waals surface area contributed by atoms with Gasteiger partial charge >= 0.3 is 0 Å². The summed E-state index contributed by atoms with van der Waals surface area (Å²) < 4.78 is 0. The van der Waals surface area contributed by atoms with Crippen molar-refractivity contribution in [3.8, 4) is 0 Å². The van der Waals surface area contributed by atoms with E-state index in [1.165, 1.54) is 0 Å². The summed E-state index contributed by atoms with van der Waals surface area (Å²) in [4.78, 5) is 14.3. The number of nitrogen functional groups attached to an aromatic ring is 1. The topological polar surface area (TPSA) is 58.4 Å². The van der Waals surface area contributed by atoms with E-state index in [2.05, 4.69) is 12.3 Å². The number of rotatable bonds is 3. The Bertz CT molecular complexity index is 450. The van der Waals surface area contributed by atoms with Crippen molar-refractivity contribution in [3.05, 3.63) is 28.8 Å². The Morgan fingerprint density at radius 2 is 2.39 bits per heavy atom. The van der Waals surface area contributed by atoms with E-state index >= 15 is 0 Å². The molecular formula is C13H18ClN3O. The van der Waals surface area contributed by atoms with Crippen molar-refractivity contribution >= 4 is 23.2 Å². The number of carbonyl (C=O) groups is 1. The molecule has 3 N–H and O–H groups in total. The molecule has 1 aliphatic heterocycles. The summed E-state index contributed by atoms with van der Waals surface area (Å²) in [6.07, 6.45) is 2.19. The van der Waals surface area contributed by atoms with Crippen molar-refractivity contribution in [3.63, 3.8) is 0 Å². The molecule has 0 aromatic heterocycles. The normalized spacial score (nSPS) is 19.1. The molecule has 1 aliphatic rings. The molecule has 0 saturated carbocycles. The summed E-state index contributed by atoms with van der Waals surface area (Å²) in [7, 11) is 0. The van der Waals surface area contributed by atoms with Gasteiger partial charge in [-0.2, -0.15) is 0 Å². The highest BCUT2D eigenvalue weighted by molar-refractivity contribution is 6.31. The first-order chi connectivity index (χ1) is 8.65. The lowest BCUT2D eigenvalue weighted by molar-refractivity contribution is 0.0788. The lowest BCUT2D eigenvalue weighted by Gasteiger charge is -2.18. The zero-order chi connectivity index (χ0) is 13.1. The van der Waals surface area contributed by atoms with Gasteiger partial charge in [0.15, 0.2) is 0 Å². The number of likely N-dealkylation sites (tertiary alicyclic amines) is 1. The van der Waals surface area contributed by atoms with Gasteiger partial charge in [0.25, 0.3) is 5.91 Å². The zero-order valence-corrected chi connectivity index (χ0v) is 11.2. The smallest absolute Gasteiger partial charge is 0.256 e. The quantitative estimate of drug-likeness (QED) is 0.653. The lowest BCUT2D eigenvalue weighted by atomic mass is 10.1. The van der Waals surface area contributed by atoms with Crippen LogP contribution in [0.4, 0.5) is 5.69 Å². The summed E-state index contributed by atoms with van der Waals surface area (Å²) in [5, 5.41) is 0.545. The molecule has 4 nitrogen and oxygen atoms in total. The van der Waals surface area contributed by atoms with Crippen LogP contribution < -0.4 is 11.3 Å². The number of hydrogen-bond donors (Lipinski definition) is 2. The molecule has 1 heterocycles. The fourth-order valence-electron chi connectivity index (χ4n) is 2.34. The third-order valence-corrected chi connectivity index (χ3v) is 3.75. The number of nitrogens with two attached hydrogens (primary N) is 1. The summed E-state index contributed by atoms with van der Waals surface area (Å²) in [6.45, 7) is 3.80. The summed E-state index contributed by atoms with van der Waals surface area (Å²) in [6, 6.07) is 5.10. The highest BCUT2D eigenvalue weighted by Crippen LogP contribution is 2.25. The molecule has 1 saturated heterocycles. The van der Waals surface area contributed by atoms with E-state index in [4.69, 9.17) is 17.4 Å². The van der Waals surface area contributed by atoms with E-state index in [1.54, 1.807) is 18.2 Å². The second-order valence-electron chi connectivity index (χ2n) is 4.65. The SMILES string of the molecule is CCC1CCN(C(=O)c2cc(Cl)ccc2NN)C1. The van der Waals surface area contributed by atoms with Gasteiger partial charge in [-0.3, -0.25) is 10.6 Å². The van der Waals surface area contributed by atoms with Crippen LogP contribution in [0.2, 0.25) is 5.02 Å². The van der Waals surface area contributed by atoms with Crippen LogP contribution in [0.15, 0.2) is 18.2 Å². The highest BCUT2D eigenvalue weighted by Gasteiger charge is 2.27. The van der Waals surface area contributed by atoms with Gasteiger partial charge in [-0.15, -0.1) is 0 Å². The molecular weight excluding hydrogens is 250 g/mol. The third-order valence-electron chi connectivity index (χ3n) is 3.52. The molecule has 1 amide bonds. The van der Waals surface area contributed by atoms with Gasteiger partial charge < -0.3 is 10.3 Å². The zero-order valence-electron chi connectivity index (χ0n) is 10.4. The maximum atomic E-state index is 12.4. The second kappa shape index (κ2) is 5.59. The standard InChI is InChI=1S/C13H18ClN3O/c1-2-9-5-6-17(8-9)13(18)11-7-10(14)3-4-12(11)16-15/h3-4,7,9,16H,2,5-6,8,15H2,1H3. The van der Waals surface area contributed by atoms with Crippen LogP contribution in [-0.4, -0.2) is 23.9 Å². The van der Waals surface area contributed by atoms with Gasteiger partial charge in [0.1, 0.15) is 0 Å². The monoisotopic (exact) mass is 267 g/mol. The highest BCUT2D eigenvalue weighted by atomic mass is 35.5. The number of halogens is 1. The Balaban J connectivity index is 2.21. The van der Waals surface area contributed by atoms with E-state index in [-0.39, 0.29) is 5.91 Å². The Kier molecular flexibility index (Phi) is 4.09. The number of carbonyl (C=O) groups excluding carboxylic acids is 1. The van der Waals surface area contributed by atoms with Crippen LogP contribution >= 0.6 is 11.6 Å². The molecule has 0 radical (unpaired) electrons. The minimum absolute atomic E-state index is 0.00130. The molecule has 2 rings (SSSR count). The van der Waals surface area contributed by atoms with Crippen LogP contribution in [0, 0.1) is 5.92 Å². The van der Waals surface area contributed by atoms with Crippen molar-refractivity contribution < 1.29 is 4.79 Å². The first-order valence-corrected chi connectivity index (χ1v) is 6.59. The van der Waals surface area contributed by atoms with Crippen LogP contribution in [0.5, 0.6) is 0 Å². The molecule has 18 heavy (non-hydrogen) atoms. The number of anilines is 1. The lowest BCUT2D eigenvalue weighted by Crippen LogP contribution is -2.29. The Morgan fingerprint density at radius 1 is 1.61 bits per heavy atom. The van der Waals surface area contributed by atoms with Gasteiger partial charge in [-0.25, -0.2) is 0 Å². The number of nitrogens with zero attached hydrogens (tertiary/aromatic N) is 1. The molecule has 5 heteroatoms. The average Bonchev–Trinajstić information content (AvgIpc) is 2.86. The Morgan fingerprint density at radius 3 is 3.00 bits per heavy atom. The van der Waals surface area contributed by atoms with Gasteiger partial charge in [0.05, 0.1) is 11.3 Å². The summed E-state index contributed by atoms with van der Waals surface area (Å²) in [5.74, 6) is 6.04. The Hall–Kier alpha value is -1.26. The van der Waals surface area contributed by atoms with Crippen LogP contribution in [0.3, 0.4) is 0 Å². The number of hydrogen-bond acceptors (Lipinski definition) is 3. The molecule has 1 aromatic carbocycles. The van der Waals surface area contributed by atoms with Crippen molar-refractivity contribution in [2.24, 2.45) is 11.8 Å². The van der Waals surface area contributed by atoms with Crippen LogP contribution in [0.25, 0.3) is 0 Å². The van der Waals surface area contributed by atoms with E-state index in [0.29, 0.717) is 22.2 Å². The van der Waals surface area contributed by atoms with Gasteiger partial charge in [0, 0.05) is 18.1 Å². The minimum Gasteiger partial charge on any atom is -0.338 e. The third kappa shape index (κ3) is 2.60. The molecule has 1 atom stereocenters. The van der Waals surface area contributed by atoms with Crippen molar-refractivity contribution in [2.45, 2.75) is 19.8 Å². The van der Waals surface area contributed by atoms with Crippen LogP contribution in [0.1, 0.15) is 30.1 Å². The fourth-order valence-corrected chi connectivity index (χ4v) is 2.51. The first kappa shape index (κ1) is 13.2. The van der Waals surface area contributed by atoms with Crippen LogP contribution in [-0.2, 0) is 0 Å². The van der Waals surface area contributed by atoms with Gasteiger partial charge in [0.2, 0.25) is 0 Å². The predicted octanol–water partition coefficient (Wildman–Crippen LogP) is 2.50. The number of hydrazine groups is 1. The molecule has 1 unspecified atom stereocenters. The number of benzene rings is 1. The number of nitrogens with one attached hydrogen (secondary N) is 1. The van der Waals surface area contributed by atoms with E-state index in [1.807, 2.05) is 4.90 Å². The van der Waals surface area contributed by atoms with Crippen molar-refractivity contribution in [1.82, 2.24) is 4.90 Å². The number of amides is 1. The van der Waals surface area contributed by atoms with Gasteiger partial charge in [-0.1, -0.05) is 24.9 Å². The van der Waals surface area contributed by atoms with Crippen molar-refractivity contribution in [1.29, 1.82) is 0 Å². The average molecular weight is 268 g/mol. The maximum absolute atomic E-state index is 12.4. The molecule has 1 aromatic rings. The second-order valence-corrected chi connectivity index (χ2v) is 5.08. The molecule has 1 fully saturated rings. The first-order valence-electron chi connectivity index (χ1n) is 6.21. The Labute approximate surface area is 112 Å². The molecule has 0 bridgehead atoms. The molecule has 0 spiro atoms. The van der Waals surface area contributed by atoms with E-state index in [0.717, 1.165) is 25.9 Å². The van der Waals surface area contributed by atoms with E-state index in [9.17, 15) is 4.79 Å². The fraction of sp³-hybridized carbons (Fsp3) is 0.462.